The zero-order valence-electron chi connectivity index (χ0n) is 16.3. The number of carbonyl (C=O) groups excluding carboxylic acids is 3. The molecule has 0 aliphatic rings. The highest BCUT2D eigenvalue weighted by molar-refractivity contribution is 7.18. The van der Waals surface area contributed by atoms with Gasteiger partial charge in [-0.25, -0.2) is 9.59 Å². The number of hydrogen-bond donors (Lipinski definition) is 1. The molecule has 0 atom stereocenters. The molecule has 2 aromatic rings. The van der Waals surface area contributed by atoms with E-state index < -0.39 is 17.8 Å². The van der Waals surface area contributed by atoms with Gasteiger partial charge in [0.25, 0.3) is 5.91 Å². The Bertz CT molecular complexity index is 904. The molecule has 0 saturated heterocycles. The van der Waals surface area contributed by atoms with E-state index in [4.69, 9.17) is 21.1 Å². The topological polar surface area (TPSA) is 81.7 Å². The molecule has 0 spiro atoms. The number of benzene rings is 1. The number of hydrogen-bond acceptors (Lipinski definition) is 6. The van der Waals surface area contributed by atoms with Crippen molar-refractivity contribution in [1.29, 1.82) is 0 Å². The highest BCUT2D eigenvalue weighted by Crippen LogP contribution is 2.35. The Morgan fingerprint density at radius 1 is 1.00 bits per heavy atom. The van der Waals surface area contributed by atoms with Gasteiger partial charge in [-0.05, 0) is 52.3 Å². The van der Waals surface area contributed by atoms with Crippen molar-refractivity contribution < 1.29 is 23.9 Å². The summed E-state index contributed by atoms with van der Waals surface area (Å²) in [6, 6.07) is 6.55. The molecule has 2 rings (SSSR count). The number of halogens is 1. The molecule has 0 aliphatic heterocycles. The van der Waals surface area contributed by atoms with E-state index in [0.29, 0.717) is 5.56 Å². The number of rotatable bonds is 6. The summed E-state index contributed by atoms with van der Waals surface area (Å²) in [5.74, 6) is -1.68. The maximum Gasteiger partial charge on any atom is 0.348 e. The van der Waals surface area contributed by atoms with Crippen LogP contribution in [0, 0.1) is 6.92 Å². The molecule has 0 saturated carbocycles. The van der Waals surface area contributed by atoms with Crippen molar-refractivity contribution in [2.45, 2.75) is 46.8 Å². The van der Waals surface area contributed by atoms with Gasteiger partial charge in [-0.15, -0.1) is 11.3 Å². The van der Waals surface area contributed by atoms with E-state index in [0.717, 1.165) is 11.3 Å². The molecule has 1 N–H and O–H groups in total. The van der Waals surface area contributed by atoms with E-state index >= 15 is 0 Å². The molecule has 0 radical (unpaired) electrons. The summed E-state index contributed by atoms with van der Waals surface area (Å²) in [6.45, 7) is 8.52. The number of nitrogens with one attached hydrogen (secondary N) is 1. The second-order valence-corrected chi connectivity index (χ2v) is 8.03. The van der Waals surface area contributed by atoms with Gasteiger partial charge in [-0.3, -0.25) is 4.79 Å². The van der Waals surface area contributed by atoms with Gasteiger partial charge in [0.15, 0.2) is 0 Å². The molecule has 1 heterocycles. The number of amides is 1. The monoisotopic (exact) mass is 423 g/mol. The van der Waals surface area contributed by atoms with Crippen LogP contribution in [-0.2, 0) is 9.47 Å². The Labute approximate surface area is 172 Å². The van der Waals surface area contributed by atoms with Gasteiger partial charge < -0.3 is 14.8 Å². The first-order chi connectivity index (χ1) is 13.1. The molecular weight excluding hydrogens is 402 g/mol. The van der Waals surface area contributed by atoms with Crippen molar-refractivity contribution in [1.82, 2.24) is 0 Å². The average molecular weight is 424 g/mol. The molecule has 1 amide bonds. The third-order valence-electron chi connectivity index (χ3n) is 3.57. The Morgan fingerprint density at radius 3 is 2.14 bits per heavy atom. The fourth-order valence-corrected chi connectivity index (χ4v) is 3.69. The zero-order valence-corrected chi connectivity index (χ0v) is 17.9. The number of thiophene rings is 1. The van der Waals surface area contributed by atoms with Gasteiger partial charge in [0.2, 0.25) is 0 Å². The fourth-order valence-electron chi connectivity index (χ4n) is 2.40. The van der Waals surface area contributed by atoms with Gasteiger partial charge in [0.1, 0.15) is 9.88 Å². The first-order valence-corrected chi connectivity index (χ1v) is 9.92. The molecule has 28 heavy (non-hydrogen) atoms. The van der Waals surface area contributed by atoms with Crippen LogP contribution in [-0.4, -0.2) is 30.1 Å². The van der Waals surface area contributed by atoms with Crippen molar-refractivity contribution in [3.63, 3.8) is 0 Å². The SMILES string of the molecule is Cc1c(C(=O)OC(C)C)sc(NC(=O)c2ccccc2Cl)c1C(=O)OC(C)C. The van der Waals surface area contributed by atoms with E-state index in [2.05, 4.69) is 5.32 Å². The minimum Gasteiger partial charge on any atom is -0.459 e. The average Bonchev–Trinajstić information content (AvgIpc) is 2.90. The molecule has 8 heteroatoms. The largest absolute Gasteiger partial charge is 0.459 e. The zero-order chi connectivity index (χ0) is 21.0. The molecule has 1 aromatic carbocycles. The van der Waals surface area contributed by atoms with Crippen LogP contribution in [0.2, 0.25) is 5.02 Å². The Kier molecular flexibility index (Phi) is 7.21. The van der Waals surface area contributed by atoms with Gasteiger partial charge in [0, 0.05) is 0 Å². The number of carbonyl (C=O) groups is 3. The van der Waals surface area contributed by atoms with E-state index in [9.17, 15) is 14.4 Å². The molecule has 0 bridgehead atoms. The second-order valence-electron chi connectivity index (χ2n) is 6.60. The van der Waals surface area contributed by atoms with Crippen molar-refractivity contribution in [2.24, 2.45) is 0 Å². The fraction of sp³-hybridized carbons (Fsp3) is 0.350. The van der Waals surface area contributed by atoms with Crippen LogP contribution in [0.5, 0.6) is 0 Å². The number of esters is 2. The molecule has 150 valence electrons. The predicted octanol–water partition coefficient (Wildman–Crippen LogP) is 5.09. The number of ether oxygens (including phenoxy) is 2. The van der Waals surface area contributed by atoms with Crippen LogP contribution in [0.4, 0.5) is 5.00 Å². The summed E-state index contributed by atoms with van der Waals surface area (Å²) in [5.41, 5.74) is 0.787. The molecule has 0 unspecified atom stereocenters. The first kappa shape index (κ1) is 21.9. The molecular formula is C20H22ClNO5S. The van der Waals surface area contributed by atoms with Crippen LogP contribution >= 0.6 is 22.9 Å². The Morgan fingerprint density at radius 2 is 1.57 bits per heavy atom. The quantitative estimate of drug-likeness (QED) is 0.654. The molecule has 1 aromatic heterocycles. The van der Waals surface area contributed by atoms with Crippen LogP contribution in [0.25, 0.3) is 0 Å². The lowest BCUT2D eigenvalue weighted by atomic mass is 10.1. The lowest BCUT2D eigenvalue weighted by Gasteiger charge is -2.11. The van der Waals surface area contributed by atoms with Gasteiger partial charge in [0.05, 0.1) is 28.4 Å². The van der Waals surface area contributed by atoms with E-state index in [-0.39, 0.29) is 38.2 Å². The minimum absolute atomic E-state index is 0.134. The van der Waals surface area contributed by atoms with Crippen LogP contribution in [0.15, 0.2) is 24.3 Å². The summed E-state index contributed by atoms with van der Waals surface area (Å²) < 4.78 is 10.5. The Balaban J connectivity index is 2.46. The summed E-state index contributed by atoms with van der Waals surface area (Å²) in [4.78, 5) is 37.9. The van der Waals surface area contributed by atoms with Crippen LogP contribution in [0.3, 0.4) is 0 Å². The standard InChI is InChI=1S/C20H22ClNO5S/c1-10(2)26-19(24)15-12(5)16(20(25)27-11(3)4)28-18(15)22-17(23)13-8-6-7-9-14(13)21/h6-11H,1-5H3,(H,22,23). The third kappa shape index (κ3) is 5.11. The number of anilines is 1. The smallest absolute Gasteiger partial charge is 0.348 e. The first-order valence-electron chi connectivity index (χ1n) is 8.73. The highest BCUT2D eigenvalue weighted by Gasteiger charge is 2.28. The van der Waals surface area contributed by atoms with E-state index in [1.54, 1.807) is 58.9 Å². The minimum atomic E-state index is -0.623. The van der Waals surface area contributed by atoms with E-state index in [1.807, 2.05) is 0 Å². The van der Waals surface area contributed by atoms with Gasteiger partial charge in [-0.1, -0.05) is 23.7 Å². The third-order valence-corrected chi connectivity index (χ3v) is 5.08. The van der Waals surface area contributed by atoms with E-state index in [1.165, 1.54) is 0 Å². The van der Waals surface area contributed by atoms with Crippen molar-refractivity contribution >= 4 is 45.8 Å². The molecule has 0 fully saturated rings. The maximum atomic E-state index is 12.6. The lowest BCUT2D eigenvalue weighted by molar-refractivity contribution is 0.0378. The maximum absolute atomic E-state index is 12.6. The highest BCUT2D eigenvalue weighted by atomic mass is 35.5. The summed E-state index contributed by atoms with van der Waals surface area (Å²) in [6.07, 6.45) is -0.675. The predicted molar refractivity (Wildman–Crippen MR) is 110 cm³/mol. The van der Waals surface area contributed by atoms with Gasteiger partial charge in [-0.2, -0.15) is 0 Å². The van der Waals surface area contributed by atoms with Crippen LogP contribution < -0.4 is 5.32 Å². The summed E-state index contributed by atoms with van der Waals surface area (Å²) in [7, 11) is 0. The van der Waals surface area contributed by atoms with Gasteiger partial charge >= 0.3 is 11.9 Å². The van der Waals surface area contributed by atoms with Crippen molar-refractivity contribution in [3.8, 4) is 0 Å². The normalized spacial score (nSPS) is 10.9. The molecule has 0 aliphatic carbocycles. The van der Waals surface area contributed by atoms with Crippen molar-refractivity contribution in [3.05, 3.63) is 50.9 Å². The lowest BCUT2D eigenvalue weighted by Crippen LogP contribution is -2.17. The van der Waals surface area contributed by atoms with Crippen molar-refractivity contribution in [2.75, 3.05) is 5.32 Å². The molecule has 6 nitrogen and oxygen atoms in total. The van der Waals surface area contributed by atoms with Crippen LogP contribution in [0.1, 0.15) is 63.6 Å². The summed E-state index contributed by atoms with van der Waals surface area (Å²) >= 11 is 7.05. The Hall–Kier alpha value is -2.38. The second kappa shape index (κ2) is 9.21. The summed E-state index contributed by atoms with van der Waals surface area (Å²) in [5, 5.41) is 3.17.